The third-order valence-electron chi connectivity index (χ3n) is 6.96. The Balaban J connectivity index is 1.25. The van der Waals surface area contributed by atoms with Crippen LogP contribution in [0.2, 0.25) is 0 Å². The smallest absolute Gasteiger partial charge is 0.271 e. The molecule has 14 heteroatoms. The van der Waals surface area contributed by atoms with Crippen molar-refractivity contribution in [1.82, 2.24) is 19.1 Å². The fourth-order valence-corrected chi connectivity index (χ4v) is 5.37. The van der Waals surface area contributed by atoms with E-state index in [0.29, 0.717) is 11.4 Å². The third-order valence-corrected chi connectivity index (χ3v) is 7.52. The van der Waals surface area contributed by atoms with Gasteiger partial charge < -0.3 is 9.97 Å². The van der Waals surface area contributed by atoms with Crippen LogP contribution in [0.25, 0.3) is 45.3 Å². The molecule has 12 nitrogen and oxygen atoms in total. The van der Waals surface area contributed by atoms with Crippen LogP contribution in [0.1, 0.15) is 11.1 Å². The first-order chi connectivity index (χ1) is 21.1. The predicted molar refractivity (Wildman–Crippen MR) is 172 cm³/mol. The quantitative estimate of drug-likeness (QED) is 0.0934. The van der Waals surface area contributed by atoms with Gasteiger partial charge in [-0.05, 0) is 72.0 Å². The average molecular weight is 623 g/mol. The zero-order valence-electron chi connectivity index (χ0n) is 22.3. The SMILES string of the molecule is O=c1c2ccc([N+](=O)[O-])cc2[nH]c(=S)n1-c1ccc(/C=C/c2ccc(-n3c(=S)[nH]c4cc([N+](=O)[O-])ccc4c3=O)cc2)cc1. The number of fused-ring (bicyclic) bond motifs is 2. The van der Waals surface area contributed by atoms with Crippen molar-refractivity contribution in [3.8, 4) is 11.4 Å². The summed E-state index contributed by atoms with van der Waals surface area (Å²) in [6, 6.07) is 22.2. The molecule has 0 atom stereocenters. The zero-order chi connectivity index (χ0) is 31.1. The highest BCUT2D eigenvalue weighted by atomic mass is 32.1. The fraction of sp³-hybridized carbons (Fsp3) is 0. The summed E-state index contributed by atoms with van der Waals surface area (Å²) in [5, 5.41) is 22.7. The highest BCUT2D eigenvalue weighted by Crippen LogP contribution is 2.20. The molecule has 0 unspecified atom stereocenters. The Morgan fingerprint density at radius 2 is 0.955 bits per heavy atom. The van der Waals surface area contributed by atoms with E-state index < -0.39 is 21.0 Å². The molecule has 44 heavy (non-hydrogen) atoms. The molecular weight excluding hydrogens is 605 g/mol. The number of benzene rings is 4. The molecule has 0 saturated heterocycles. The van der Waals surface area contributed by atoms with Crippen LogP contribution < -0.4 is 11.1 Å². The van der Waals surface area contributed by atoms with Crippen LogP contribution in [0.15, 0.2) is 94.5 Å². The lowest BCUT2D eigenvalue weighted by Crippen LogP contribution is -2.20. The number of nitro benzene ring substituents is 2. The van der Waals surface area contributed by atoms with Crippen LogP contribution in [0.4, 0.5) is 11.4 Å². The van der Waals surface area contributed by atoms with Gasteiger partial charge in [0.2, 0.25) is 0 Å². The summed E-state index contributed by atoms with van der Waals surface area (Å²) >= 11 is 10.7. The first-order valence-corrected chi connectivity index (χ1v) is 13.7. The van der Waals surface area contributed by atoms with E-state index in [4.69, 9.17) is 24.4 Å². The van der Waals surface area contributed by atoms with Crippen LogP contribution in [0, 0.1) is 29.8 Å². The topological polar surface area (TPSA) is 162 Å². The standard InChI is InChI=1S/C30H18N6O6S2/c37-27-23-13-11-21(35(39)40)15-25(23)31-29(43)33(27)19-7-3-17(4-8-19)1-2-18-5-9-20(10-6-18)34-28(38)24-14-12-22(36(41)42)16-26(24)32-30(34)44/h1-16H,(H,31,43)(H,32,44)/b2-1+. The monoisotopic (exact) mass is 622 g/mol. The molecule has 0 aliphatic rings. The van der Waals surface area contributed by atoms with Gasteiger partial charge in [0.1, 0.15) is 0 Å². The summed E-state index contributed by atoms with van der Waals surface area (Å²) in [6.07, 6.45) is 3.76. The number of hydrogen-bond acceptors (Lipinski definition) is 8. The Kier molecular flexibility index (Phi) is 7.12. The van der Waals surface area contributed by atoms with Gasteiger partial charge in [-0.3, -0.25) is 39.0 Å². The number of nitrogens with zero attached hydrogens (tertiary/aromatic N) is 4. The average Bonchev–Trinajstić information content (AvgIpc) is 3.00. The van der Waals surface area contributed by atoms with Crippen molar-refractivity contribution >= 4 is 69.8 Å². The van der Waals surface area contributed by atoms with E-state index in [-0.39, 0.29) is 42.7 Å². The Bertz CT molecular complexity index is 2250. The lowest BCUT2D eigenvalue weighted by Gasteiger charge is -2.09. The predicted octanol–water partition coefficient (Wildman–Crippen LogP) is 6.40. The third kappa shape index (κ3) is 5.14. The van der Waals surface area contributed by atoms with Crippen LogP contribution >= 0.6 is 24.4 Å². The van der Waals surface area contributed by atoms with E-state index in [1.165, 1.54) is 45.5 Å². The molecule has 0 radical (unpaired) electrons. The minimum atomic E-state index is -0.539. The van der Waals surface area contributed by atoms with Gasteiger partial charge in [-0.15, -0.1) is 0 Å². The van der Waals surface area contributed by atoms with Gasteiger partial charge in [0.25, 0.3) is 22.5 Å². The summed E-state index contributed by atoms with van der Waals surface area (Å²) in [5.74, 6) is 0. The molecule has 4 aromatic carbocycles. The molecule has 0 bridgehead atoms. The molecular formula is C30H18N6O6S2. The van der Waals surface area contributed by atoms with Gasteiger partial charge in [-0.1, -0.05) is 36.4 Å². The molecule has 0 aliphatic heterocycles. The highest BCUT2D eigenvalue weighted by Gasteiger charge is 2.13. The van der Waals surface area contributed by atoms with Gasteiger partial charge in [0, 0.05) is 24.3 Å². The van der Waals surface area contributed by atoms with Crippen LogP contribution in [0.3, 0.4) is 0 Å². The van der Waals surface area contributed by atoms with E-state index in [2.05, 4.69) is 9.97 Å². The number of nitrogens with one attached hydrogen (secondary N) is 2. The second-order valence-corrected chi connectivity index (χ2v) is 10.4. The first-order valence-electron chi connectivity index (χ1n) is 12.9. The Hall–Kier alpha value is -5.86. The maximum Gasteiger partial charge on any atom is 0.271 e. The van der Waals surface area contributed by atoms with Crippen molar-refractivity contribution in [2.24, 2.45) is 0 Å². The van der Waals surface area contributed by atoms with Crippen LogP contribution in [-0.2, 0) is 0 Å². The minimum absolute atomic E-state index is 0.109. The number of rotatable bonds is 6. The lowest BCUT2D eigenvalue weighted by molar-refractivity contribution is -0.384. The Morgan fingerprint density at radius 1 is 0.591 bits per heavy atom. The molecule has 0 amide bonds. The molecule has 0 saturated carbocycles. The van der Waals surface area contributed by atoms with Gasteiger partial charge >= 0.3 is 0 Å². The van der Waals surface area contributed by atoms with Crippen molar-refractivity contribution in [1.29, 1.82) is 0 Å². The van der Waals surface area contributed by atoms with E-state index in [0.717, 1.165) is 11.1 Å². The van der Waals surface area contributed by atoms with Gasteiger partial charge in [-0.25, -0.2) is 0 Å². The molecule has 6 aromatic rings. The summed E-state index contributed by atoms with van der Waals surface area (Å²) in [7, 11) is 0. The van der Waals surface area contributed by atoms with Crippen molar-refractivity contribution in [2.45, 2.75) is 0 Å². The number of aromatic amines is 2. The molecule has 0 aliphatic carbocycles. The highest BCUT2D eigenvalue weighted by molar-refractivity contribution is 7.71. The molecule has 2 aromatic heterocycles. The molecule has 2 N–H and O–H groups in total. The van der Waals surface area contributed by atoms with Crippen molar-refractivity contribution < 1.29 is 9.85 Å². The Labute approximate surface area is 256 Å². The number of H-pyrrole nitrogens is 2. The maximum absolute atomic E-state index is 13.1. The Morgan fingerprint density at radius 3 is 1.30 bits per heavy atom. The maximum atomic E-state index is 13.1. The summed E-state index contributed by atoms with van der Waals surface area (Å²) < 4.78 is 2.88. The van der Waals surface area contributed by atoms with Crippen LogP contribution in [-0.4, -0.2) is 28.9 Å². The number of nitro groups is 2. The largest absolute Gasteiger partial charge is 0.331 e. The summed E-state index contributed by atoms with van der Waals surface area (Å²) in [4.78, 5) is 53.2. The molecule has 6 rings (SSSR count). The lowest BCUT2D eigenvalue weighted by atomic mass is 10.1. The van der Waals surface area contributed by atoms with E-state index in [9.17, 15) is 29.8 Å². The zero-order valence-corrected chi connectivity index (χ0v) is 23.9. The molecule has 0 fully saturated rings. The summed E-state index contributed by atoms with van der Waals surface area (Å²) in [6.45, 7) is 0. The second-order valence-electron chi connectivity index (χ2n) is 9.63. The summed E-state index contributed by atoms with van der Waals surface area (Å²) in [5.41, 5.74) is 2.25. The number of non-ortho nitro benzene ring substituents is 2. The van der Waals surface area contributed by atoms with E-state index >= 15 is 0 Å². The van der Waals surface area contributed by atoms with Gasteiger partial charge in [0.05, 0.1) is 43.0 Å². The fourth-order valence-electron chi connectivity index (χ4n) is 4.77. The normalized spacial score (nSPS) is 11.4. The van der Waals surface area contributed by atoms with Gasteiger partial charge in [0.15, 0.2) is 9.54 Å². The van der Waals surface area contributed by atoms with Gasteiger partial charge in [-0.2, -0.15) is 0 Å². The van der Waals surface area contributed by atoms with Crippen molar-refractivity contribution in [3.63, 3.8) is 0 Å². The van der Waals surface area contributed by atoms with Crippen molar-refractivity contribution in [2.75, 3.05) is 0 Å². The van der Waals surface area contributed by atoms with Crippen LogP contribution in [0.5, 0.6) is 0 Å². The first kappa shape index (κ1) is 28.3. The number of hydrogen-bond donors (Lipinski definition) is 2. The minimum Gasteiger partial charge on any atom is -0.331 e. The van der Waals surface area contributed by atoms with E-state index in [1.54, 1.807) is 24.3 Å². The van der Waals surface area contributed by atoms with E-state index in [1.807, 2.05) is 36.4 Å². The second kappa shape index (κ2) is 11.1. The molecule has 216 valence electrons. The van der Waals surface area contributed by atoms with Crippen molar-refractivity contribution in [3.05, 3.63) is 147 Å². The number of aromatic nitrogens is 4. The molecule has 0 spiro atoms. The molecule has 2 heterocycles.